The molecule has 0 bridgehead atoms. The fourth-order valence-electron chi connectivity index (χ4n) is 3.89. The Morgan fingerprint density at radius 1 is 1.12 bits per heavy atom. The van der Waals surface area contributed by atoms with Crippen molar-refractivity contribution in [1.29, 1.82) is 0 Å². The van der Waals surface area contributed by atoms with Crippen molar-refractivity contribution in [2.24, 2.45) is 0 Å². The summed E-state index contributed by atoms with van der Waals surface area (Å²) in [4.78, 5) is 11.6. The molecule has 0 aromatic heterocycles. The molecule has 2 aliphatic heterocycles. The minimum absolute atomic E-state index is 0.0414. The zero-order chi connectivity index (χ0) is 23.3. The van der Waals surface area contributed by atoms with E-state index in [1.54, 1.807) is 13.8 Å². The molecule has 2 aromatic carbocycles. The third-order valence-electron chi connectivity index (χ3n) is 5.58. The van der Waals surface area contributed by atoms with Crippen LogP contribution in [0.1, 0.15) is 48.5 Å². The van der Waals surface area contributed by atoms with Gasteiger partial charge in [0, 0.05) is 19.3 Å². The predicted octanol–water partition coefficient (Wildman–Crippen LogP) is 2.80. The Hall–Kier alpha value is -2.34. The standard InChI is InChI=1S/C21H23FN2O6S2/c1-12(2)16-10-17-20(11-19(16)32(28,29)24-14-5-7-30-8-6-14)31(26,27)18-9-13(22)3-4-15(18)21(25)23-17/h3-4,9-12,14,24H,5-8H2,1-2H3,(H,23,25). The first-order chi connectivity index (χ1) is 15.0. The van der Waals surface area contributed by atoms with Crippen LogP contribution in [0.4, 0.5) is 10.1 Å². The summed E-state index contributed by atoms with van der Waals surface area (Å²) in [6.07, 6.45) is 1.00. The maximum atomic E-state index is 13.9. The molecular formula is C21H23FN2O6S2. The Bertz CT molecular complexity index is 1300. The summed E-state index contributed by atoms with van der Waals surface area (Å²) in [5.41, 5.74) is 0.106. The van der Waals surface area contributed by atoms with Gasteiger partial charge in [0.05, 0.1) is 25.9 Å². The van der Waals surface area contributed by atoms with E-state index in [1.165, 1.54) is 6.07 Å². The van der Waals surface area contributed by atoms with Crippen LogP contribution in [-0.2, 0) is 24.6 Å². The largest absolute Gasteiger partial charge is 0.381 e. The van der Waals surface area contributed by atoms with Crippen LogP contribution in [0.2, 0.25) is 0 Å². The van der Waals surface area contributed by atoms with Crippen molar-refractivity contribution >= 4 is 31.5 Å². The van der Waals surface area contributed by atoms with E-state index < -0.39 is 41.4 Å². The van der Waals surface area contributed by atoms with Gasteiger partial charge < -0.3 is 10.1 Å². The number of halogens is 1. The molecule has 0 aliphatic carbocycles. The molecule has 1 amide bonds. The van der Waals surface area contributed by atoms with Gasteiger partial charge in [0.2, 0.25) is 19.9 Å². The van der Waals surface area contributed by atoms with Gasteiger partial charge in [-0.15, -0.1) is 0 Å². The molecule has 0 spiro atoms. The highest BCUT2D eigenvalue weighted by Crippen LogP contribution is 2.39. The minimum Gasteiger partial charge on any atom is -0.381 e. The molecule has 32 heavy (non-hydrogen) atoms. The summed E-state index contributed by atoms with van der Waals surface area (Å²) in [5.74, 6) is -1.83. The quantitative estimate of drug-likeness (QED) is 0.692. The van der Waals surface area contributed by atoms with Crippen molar-refractivity contribution in [1.82, 2.24) is 4.72 Å². The lowest BCUT2D eigenvalue weighted by molar-refractivity contribution is 0.0832. The number of benzene rings is 2. The van der Waals surface area contributed by atoms with Gasteiger partial charge in [0.1, 0.15) is 5.82 Å². The highest BCUT2D eigenvalue weighted by Gasteiger charge is 2.35. The number of sulfone groups is 1. The number of carbonyl (C=O) groups excluding carboxylic acids is 1. The van der Waals surface area contributed by atoms with Gasteiger partial charge in [-0.05, 0) is 54.7 Å². The van der Waals surface area contributed by atoms with Gasteiger partial charge in [0.15, 0.2) is 0 Å². The summed E-state index contributed by atoms with van der Waals surface area (Å²) >= 11 is 0. The number of nitrogens with one attached hydrogen (secondary N) is 2. The zero-order valence-corrected chi connectivity index (χ0v) is 19.1. The van der Waals surface area contributed by atoms with E-state index in [1.807, 2.05) is 0 Å². The van der Waals surface area contributed by atoms with Crippen LogP contribution < -0.4 is 10.0 Å². The molecule has 2 heterocycles. The number of fused-ring (bicyclic) bond motifs is 2. The fraction of sp³-hybridized carbons (Fsp3) is 0.381. The van der Waals surface area contributed by atoms with Crippen LogP contribution in [0.3, 0.4) is 0 Å². The number of amides is 1. The van der Waals surface area contributed by atoms with Crippen molar-refractivity contribution in [3.8, 4) is 0 Å². The van der Waals surface area contributed by atoms with Gasteiger partial charge in [0.25, 0.3) is 5.91 Å². The van der Waals surface area contributed by atoms with Crippen molar-refractivity contribution in [2.45, 2.75) is 53.3 Å². The van der Waals surface area contributed by atoms with E-state index in [4.69, 9.17) is 4.74 Å². The Morgan fingerprint density at radius 2 is 1.81 bits per heavy atom. The van der Waals surface area contributed by atoms with Crippen LogP contribution in [0.15, 0.2) is 45.0 Å². The van der Waals surface area contributed by atoms with E-state index in [2.05, 4.69) is 10.0 Å². The summed E-state index contributed by atoms with van der Waals surface area (Å²) in [5, 5.41) is 2.54. The number of hydrogen-bond donors (Lipinski definition) is 2. The van der Waals surface area contributed by atoms with Gasteiger partial charge in [-0.2, -0.15) is 0 Å². The molecule has 8 nitrogen and oxygen atoms in total. The molecule has 4 rings (SSSR count). The normalized spacial score (nSPS) is 18.6. The van der Waals surface area contributed by atoms with Gasteiger partial charge >= 0.3 is 0 Å². The van der Waals surface area contributed by atoms with Crippen LogP contribution in [0, 0.1) is 5.82 Å². The zero-order valence-electron chi connectivity index (χ0n) is 17.5. The molecule has 1 fully saturated rings. The average molecular weight is 483 g/mol. The van der Waals surface area contributed by atoms with E-state index in [9.17, 15) is 26.0 Å². The highest BCUT2D eigenvalue weighted by atomic mass is 32.2. The fourth-order valence-corrected chi connectivity index (χ4v) is 7.28. The lowest BCUT2D eigenvalue weighted by Crippen LogP contribution is -2.39. The summed E-state index contributed by atoms with van der Waals surface area (Å²) in [7, 11) is -8.47. The number of anilines is 1. The predicted molar refractivity (Wildman–Crippen MR) is 114 cm³/mol. The first kappa shape index (κ1) is 22.8. The topological polar surface area (TPSA) is 119 Å². The molecule has 2 N–H and O–H groups in total. The van der Waals surface area contributed by atoms with Crippen molar-refractivity contribution in [2.75, 3.05) is 18.5 Å². The average Bonchev–Trinajstić information content (AvgIpc) is 2.80. The van der Waals surface area contributed by atoms with Crippen molar-refractivity contribution in [3.05, 3.63) is 47.3 Å². The first-order valence-corrected chi connectivity index (χ1v) is 13.1. The summed E-state index contributed by atoms with van der Waals surface area (Å²) in [6.45, 7) is 4.40. The number of rotatable bonds is 4. The Kier molecular flexibility index (Phi) is 5.86. The molecule has 2 aromatic rings. The monoisotopic (exact) mass is 482 g/mol. The Labute approximate surface area is 186 Å². The minimum atomic E-state index is -4.39. The highest BCUT2D eigenvalue weighted by molar-refractivity contribution is 7.92. The SMILES string of the molecule is CC(C)c1cc2c(cc1S(=O)(=O)NC1CCOCC1)S(=O)(=O)c1cc(F)ccc1C(=O)N2. The molecule has 172 valence electrons. The van der Waals surface area contributed by atoms with Gasteiger partial charge in [-0.25, -0.2) is 25.9 Å². The Morgan fingerprint density at radius 3 is 2.47 bits per heavy atom. The van der Waals surface area contributed by atoms with Crippen molar-refractivity contribution < 1.29 is 30.8 Å². The lowest BCUT2D eigenvalue weighted by atomic mass is 10.0. The molecule has 1 saturated heterocycles. The maximum Gasteiger partial charge on any atom is 0.257 e. The molecule has 0 saturated carbocycles. The number of hydrogen-bond acceptors (Lipinski definition) is 6. The van der Waals surface area contributed by atoms with E-state index in [-0.39, 0.29) is 28.1 Å². The third kappa shape index (κ3) is 4.05. The number of sulfonamides is 1. The molecule has 0 radical (unpaired) electrons. The molecule has 0 unspecified atom stereocenters. The number of carbonyl (C=O) groups is 1. The van der Waals surface area contributed by atoms with E-state index in [0.717, 1.165) is 24.3 Å². The van der Waals surface area contributed by atoms with E-state index in [0.29, 0.717) is 31.6 Å². The summed E-state index contributed by atoms with van der Waals surface area (Å²) < 4.78 is 75.1. The Balaban J connectivity index is 1.91. The molecular weight excluding hydrogens is 459 g/mol. The second kappa shape index (κ2) is 8.22. The first-order valence-electron chi connectivity index (χ1n) is 10.1. The molecule has 2 aliphatic rings. The summed E-state index contributed by atoms with van der Waals surface area (Å²) in [6, 6.07) is 4.95. The smallest absolute Gasteiger partial charge is 0.257 e. The maximum absolute atomic E-state index is 13.9. The van der Waals surface area contributed by atoms with Gasteiger partial charge in [-0.3, -0.25) is 4.79 Å². The number of ether oxygens (including phenoxy) is 1. The van der Waals surface area contributed by atoms with Crippen LogP contribution in [-0.4, -0.2) is 42.0 Å². The van der Waals surface area contributed by atoms with Crippen molar-refractivity contribution in [3.63, 3.8) is 0 Å². The van der Waals surface area contributed by atoms with Crippen LogP contribution in [0.5, 0.6) is 0 Å². The molecule has 11 heteroatoms. The second-order valence-corrected chi connectivity index (χ2v) is 11.7. The lowest BCUT2D eigenvalue weighted by Gasteiger charge is -2.24. The third-order valence-corrected chi connectivity index (χ3v) is 8.99. The van der Waals surface area contributed by atoms with Gasteiger partial charge in [-0.1, -0.05) is 13.8 Å². The molecule has 0 atom stereocenters. The van der Waals surface area contributed by atoms with E-state index >= 15 is 0 Å². The van der Waals surface area contributed by atoms with Crippen LogP contribution in [0.25, 0.3) is 0 Å². The second-order valence-electron chi connectivity index (χ2n) is 8.15. The van der Waals surface area contributed by atoms with Crippen LogP contribution >= 0.6 is 0 Å².